The second kappa shape index (κ2) is 7.46. The van der Waals surface area contributed by atoms with Crippen LogP contribution in [-0.2, 0) is 4.79 Å². The Kier molecular flexibility index (Phi) is 5.95. The number of carbonyl (C=O) groups excluding carboxylic acids is 1. The van der Waals surface area contributed by atoms with Gasteiger partial charge in [0.1, 0.15) is 0 Å². The molecule has 8 nitrogen and oxygen atoms in total. The van der Waals surface area contributed by atoms with Gasteiger partial charge in [-0.05, 0) is 13.8 Å². The van der Waals surface area contributed by atoms with Crippen molar-refractivity contribution >= 4 is 23.8 Å². The molecule has 0 aliphatic heterocycles. The molecular weight excluding hydrogens is 258 g/mol. The Morgan fingerprint density at radius 2 is 1.85 bits per heavy atom. The standard InChI is InChI=1S/C12H23N7O/c1-5-19(6-2)12-16-10(13)15-11(17-12)14-8-7-9(20)18(3)4/h5-8H2,1-4H3,(H3,13,14,15,16,17). The first-order chi connectivity index (χ1) is 9.47. The second-order valence-electron chi connectivity index (χ2n) is 4.45. The normalized spacial score (nSPS) is 10.2. The number of nitrogens with two attached hydrogens (primary N) is 1. The zero-order valence-corrected chi connectivity index (χ0v) is 12.6. The Balaban J connectivity index is 2.69. The topological polar surface area (TPSA) is 100 Å². The Hall–Kier alpha value is -2.12. The van der Waals surface area contributed by atoms with Gasteiger partial charge in [0.2, 0.25) is 23.8 Å². The minimum absolute atomic E-state index is 0.0449. The number of hydrogen-bond acceptors (Lipinski definition) is 7. The summed E-state index contributed by atoms with van der Waals surface area (Å²) in [7, 11) is 3.45. The Bertz CT molecular complexity index is 445. The zero-order chi connectivity index (χ0) is 15.1. The smallest absolute Gasteiger partial charge is 0.231 e. The molecule has 0 saturated heterocycles. The molecule has 0 radical (unpaired) electrons. The Morgan fingerprint density at radius 3 is 2.40 bits per heavy atom. The van der Waals surface area contributed by atoms with E-state index in [1.54, 1.807) is 19.0 Å². The van der Waals surface area contributed by atoms with Gasteiger partial charge in [0.25, 0.3) is 0 Å². The molecule has 0 bridgehead atoms. The van der Waals surface area contributed by atoms with Gasteiger partial charge in [-0.25, -0.2) is 0 Å². The molecule has 0 aliphatic carbocycles. The fourth-order valence-electron chi connectivity index (χ4n) is 1.61. The van der Waals surface area contributed by atoms with Crippen LogP contribution < -0.4 is 16.0 Å². The molecule has 1 aromatic heterocycles. The van der Waals surface area contributed by atoms with Gasteiger partial charge in [0, 0.05) is 40.2 Å². The third-order valence-corrected chi connectivity index (χ3v) is 2.81. The predicted molar refractivity (Wildman–Crippen MR) is 79.6 cm³/mol. The first-order valence-electron chi connectivity index (χ1n) is 6.68. The van der Waals surface area contributed by atoms with E-state index in [2.05, 4.69) is 20.3 Å². The van der Waals surface area contributed by atoms with Crippen molar-refractivity contribution in [2.45, 2.75) is 20.3 Å². The van der Waals surface area contributed by atoms with E-state index in [0.717, 1.165) is 13.1 Å². The molecule has 0 aromatic carbocycles. The highest BCUT2D eigenvalue weighted by molar-refractivity contribution is 5.76. The second-order valence-corrected chi connectivity index (χ2v) is 4.45. The highest BCUT2D eigenvalue weighted by Crippen LogP contribution is 2.11. The summed E-state index contributed by atoms with van der Waals surface area (Å²) in [6.07, 6.45) is 0.374. The molecule has 0 unspecified atom stereocenters. The third-order valence-electron chi connectivity index (χ3n) is 2.81. The van der Waals surface area contributed by atoms with Crippen LogP contribution in [0.5, 0.6) is 0 Å². The van der Waals surface area contributed by atoms with Crippen molar-refractivity contribution in [2.75, 3.05) is 49.7 Å². The van der Waals surface area contributed by atoms with Gasteiger partial charge < -0.3 is 20.9 Å². The van der Waals surface area contributed by atoms with Crippen molar-refractivity contribution in [3.05, 3.63) is 0 Å². The van der Waals surface area contributed by atoms with Gasteiger partial charge in [-0.15, -0.1) is 0 Å². The lowest BCUT2D eigenvalue weighted by molar-refractivity contribution is -0.128. The predicted octanol–water partition coefficient (Wildman–Crippen LogP) is 0.190. The van der Waals surface area contributed by atoms with Crippen LogP contribution in [0.2, 0.25) is 0 Å². The quantitative estimate of drug-likeness (QED) is 0.735. The van der Waals surface area contributed by atoms with Crippen LogP contribution in [0.1, 0.15) is 20.3 Å². The lowest BCUT2D eigenvalue weighted by Crippen LogP contribution is -2.26. The molecule has 1 amide bonds. The van der Waals surface area contributed by atoms with E-state index in [4.69, 9.17) is 5.73 Å². The van der Waals surface area contributed by atoms with Crippen LogP contribution in [-0.4, -0.2) is 59.5 Å². The number of hydrogen-bond donors (Lipinski definition) is 2. The van der Waals surface area contributed by atoms with Crippen LogP contribution in [0.25, 0.3) is 0 Å². The lowest BCUT2D eigenvalue weighted by atomic mass is 10.4. The summed E-state index contributed by atoms with van der Waals surface area (Å²) in [6.45, 7) is 6.08. The van der Waals surface area contributed by atoms with Gasteiger partial charge in [0.15, 0.2) is 0 Å². The number of nitrogens with zero attached hydrogens (tertiary/aromatic N) is 5. The molecule has 0 aliphatic rings. The van der Waals surface area contributed by atoms with Crippen molar-refractivity contribution in [2.24, 2.45) is 0 Å². The maximum absolute atomic E-state index is 11.5. The largest absolute Gasteiger partial charge is 0.368 e. The van der Waals surface area contributed by atoms with Gasteiger partial charge in [-0.2, -0.15) is 15.0 Å². The molecule has 1 rings (SSSR count). The number of amides is 1. The number of aromatic nitrogens is 3. The molecule has 0 fully saturated rings. The number of nitrogens with one attached hydrogen (secondary N) is 1. The third kappa shape index (κ3) is 4.52. The molecule has 20 heavy (non-hydrogen) atoms. The summed E-state index contributed by atoms with van der Waals surface area (Å²) in [5.41, 5.74) is 5.68. The number of carbonyl (C=O) groups is 1. The molecule has 0 spiro atoms. The zero-order valence-electron chi connectivity index (χ0n) is 12.6. The van der Waals surface area contributed by atoms with Crippen LogP contribution in [0.3, 0.4) is 0 Å². The first kappa shape index (κ1) is 15.9. The highest BCUT2D eigenvalue weighted by Gasteiger charge is 2.10. The summed E-state index contributed by atoms with van der Waals surface area (Å²) >= 11 is 0. The molecule has 112 valence electrons. The van der Waals surface area contributed by atoms with Crippen LogP contribution in [0.15, 0.2) is 0 Å². The van der Waals surface area contributed by atoms with E-state index in [9.17, 15) is 4.79 Å². The minimum atomic E-state index is 0.0449. The van der Waals surface area contributed by atoms with E-state index < -0.39 is 0 Å². The fraction of sp³-hybridized carbons (Fsp3) is 0.667. The molecule has 8 heteroatoms. The van der Waals surface area contributed by atoms with Gasteiger partial charge in [0.05, 0.1) is 0 Å². The SMILES string of the molecule is CCN(CC)c1nc(N)nc(NCCC(=O)N(C)C)n1. The Labute approximate surface area is 119 Å². The summed E-state index contributed by atoms with van der Waals surface area (Å²) in [4.78, 5) is 27.4. The molecule has 3 N–H and O–H groups in total. The molecule has 1 heterocycles. The maximum atomic E-state index is 11.5. The summed E-state index contributed by atoms with van der Waals surface area (Å²) in [6, 6.07) is 0. The average Bonchev–Trinajstić information content (AvgIpc) is 2.39. The van der Waals surface area contributed by atoms with E-state index in [1.807, 2.05) is 18.7 Å². The number of nitrogen functional groups attached to an aromatic ring is 1. The molecular formula is C12H23N7O. The van der Waals surface area contributed by atoms with Crippen LogP contribution in [0, 0.1) is 0 Å². The van der Waals surface area contributed by atoms with Crippen LogP contribution >= 0.6 is 0 Å². The monoisotopic (exact) mass is 281 g/mol. The van der Waals surface area contributed by atoms with E-state index in [1.165, 1.54) is 0 Å². The number of anilines is 3. The van der Waals surface area contributed by atoms with Crippen molar-refractivity contribution < 1.29 is 4.79 Å². The van der Waals surface area contributed by atoms with E-state index in [0.29, 0.717) is 24.9 Å². The van der Waals surface area contributed by atoms with Crippen molar-refractivity contribution in [1.29, 1.82) is 0 Å². The van der Waals surface area contributed by atoms with E-state index in [-0.39, 0.29) is 11.9 Å². The maximum Gasteiger partial charge on any atom is 0.231 e. The highest BCUT2D eigenvalue weighted by atomic mass is 16.2. The molecule has 1 aromatic rings. The molecule has 0 saturated carbocycles. The first-order valence-corrected chi connectivity index (χ1v) is 6.68. The van der Waals surface area contributed by atoms with Gasteiger partial charge in [-0.3, -0.25) is 4.79 Å². The molecule has 0 atom stereocenters. The van der Waals surface area contributed by atoms with Crippen LogP contribution in [0.4, 0.5) is 17.8 Å². The fourth-order valence-corrected chi connectivity index (χ4v) is 1.61. The van der Waals surface area contributed by atoms with Gasteiger partial charge >= 0.3 is 0 Å². The minimum Gasteiger partial charge on any atom is -0.368 e. The number of rotatable bonds is 7. The van der Waals surface area contributed by atoms with E-state index >= 15 is 0 Å². The van der Waals surface area contributed by atoms with Gasteiger partial charge in [-0.1, -0.05) is 0 Å². The van der Waals surface area contributed by atoms with Crippen molar-refractivity contribution in [3.8, 4) is 0 Å². The Morgan fingerprint density at radius 1 is 1.20 bits per heavy atom. The summed E-state index contributed by atoms with van der Waals surface area (Å²) < 4.78 is 0. The summed E-state index contributed by atoms with van der Waals surface area (Å²) in [5.74, 6) is 1.15. The summed E-state index contributed by atoms with van der Waals surface area (Å²) in [5, 5.41) is 3.00. The van der Waals surface area contributed by atoms with Crippen molar-refractivity contribution in [1.82, 2.24) is 19.9 Å². The average molecular weight is 281 g/mol. The lowest BCUT2D eigenvalue weighted by Gasteiger charge is -2.19. The van der Waals surface area contributed by atoms with Crippen molar-refractivity contribution in [3.63, 3.8) is 0 Å².